The fourth-order valence-electron chi connectivity index (χ4n) is 3.08. The monoisotopic (exact) mass is 372 g/mol. The van der Waals surface area contributed by atoms with Crippen molar-refractivity contribution in [2.45, 2.75) is 104 Å². The van der Waals surface area contributed by atoms with Crippen LogP contribution in [0.1, 0.15) is 94.9 Å². The first-order chi connectivity index (χ1) is 10.6. The summed E-state index contributed by atoms with van der Waals surface area (Å²) in [5.74, 6) is 2.36. The Balaban J connectivity index is 4.38. The van der Waals surface area contributed by atoms with Gasteiger partial charge in [-0.15, -0.1) is 0 Å². The lowest BCUT2D eigenvalue weighted by molar-refractivity contribution is 0.294. The first-order valence-electron chi connectivity index (χ1n) is 9.52. The van der Waals surface area contributed by atoms with Gasteiger partial charge in [-0.1, -0.05) is 87.8 Å². The summed E-state index contributed by atoms with van der Waals surface area (Å²) >= 11 is 4.19. The van der Waals surface area contributed by atoms with Crippen LogP contribution in [0.4, 0.5) is 0 Å². The van der Waals surface area contributed by atoms with Gasteiger partial charge in [0.2, 0.25) is 0 Å². The van der Waals surface area contributed by atoms with Gasteiger partial charge in [-0.3, -0.25) is 0 Å². The van der Waals surface area contributed by atoms with E-state index < -0.39 is 0 Å². The van der Waals surface area contributed by atoms with Gasteiger partial charge in [0.1, 0.15) is 0 Å². The molecule has 0 unspecified atom stereocenters. The Morgan fingerprint density at radius 1 is 0.833 bits per heavy atom. The van der Waals surface area contributed by atoms with Crippen molar-refractivity contribution in [3.05, 3.63) is 12.2 Å². The van der Waals surface area contributed by atoms with E-state index in [1.807, 2.05) is 0 Å². The molecule has 0 nitrogen and oxygen atoms in total. The summed E-state index contributed by atoms with van der Waals surface area (Å²) < 4.78 is 0.694. The summed E-state index contributed by atoms with van der Waals surface area (Å²) in [4.78, 5) is 0. The van der Waals surface area contributed by atoms with Crippen LogP contribution in [0.5, 0.6) is 0 Å². The highest BCUT2D eigenvalue weighted by atomic mass is 32.2. The molecule has 0 aromatic carbocycles. The Morgan fingerprint density at radius 3 is 1.83 bits per heavy atom. The summed E-state index contributed by atoms with van der Waals surface area (Å²) in [6, 6.07) is 0. The zero-order valence-corrected chi connectivity index (χ0v) is 19.9. The quantitative estimate of drug-likeness (QED) is 0.335. The van der Waals surface area contributed by atoms with Gasteiger partial charge in [-0.2, -0.15) is 23.5 Å². The largest absolute Gasteiger partial charge is 0.156 e. The van der Waals surface area contributed by atoms with Crippen molar-refractivity contribution in [1.29, 1.82) is 0 Å². The minimum atomic E-state index is 0.315. The van der Waals surface area contributed by atoms with Crippen LogP contribution in [0.25, 0.3) is 0 Å². The lowest BCUT2D eigenvalue weighted by atomic mass is 9.81. The molecule has 0 aromatic rings. The minimum Gasteiger partial charge on any atom is -0.156 e. The van der Waals surface area contributed by atoms with Crippen molar-refractivity contribution < 1.29 is 0 Å². The molecule has 0 bridgehead atoms. The molecule has 0 aliphatic heterocycles. The number of rotatable bonds is 11. The third kappa shape index (κ3) is 12.8. The molecule has 0 heterocycles. The molecule has 0 spiro atoms. The third-order valence-electron chi connectivity index (χ3n) is 4.57. The second-order valence-corrected chi connectivity index (χ2v) is 14.1. The van der Waals surface area contributed by atoms with E-state index >= 15 is 0 Å². The molecule has 24 heavy (non-hydrogen) atoms. The lowest BCUT2D eigenvalue weighted by Gasteiger charge is -2.36. The second kappa shape index (κ2) is 9.40. The highest BCUT2D eigenvalue weighted by Gasteiger charge is 2.30. The highest BCUT2D eigenvalue weighted by Crippen LogP contribution is 2.41. The number of thioether (sulfide) groups is 2. The van der Waals surface area contributed by atoms with E-state index in [1.54, 1.807) is 0 Å². The van der Waals surface area contributed by atoms with Crippen molar-refractivity contribution >= 4 is 23.5 Å². The molecule has 0 fully saturated rings. The fraction of sp³-hybridized carbons (Fsp3) is 0.909. The van der Waals surface area contributed by atoms with Gasteiger partial charge in [-0.05, 0) is 35.8 Å². The maximum atomic E-state index is 4.34. The van der Waals surface area contributed by atoms with Gasteiger partial charge in [0.05, 0.1) is 0 Å². The lowest BCUT2D eigenvalue weighted by Crippen LogP contribution is -2.27. The molecule has 144 valence electrons. The summed E-state index contributed by atoms with van der Waals surface area (Å²) in [5, 5.41) is 0. The van der Waals surface area contributed by atoms with Gasteiger partial charge in [-0.25, -0.2) is 0 Å². The Hall–Kier alpha value is 0.440. The van der Waals surface area contributed by atoms with Crippen LogP contribution in [0.15, 0.2) is 12.2 Å². The fourth-order valence-corrected chi connectivity index (χ4v) is 5.53. The molecule has 0 saturated carbocycles. The van der Waals surface area contributed by atoms with Crippen LogP contribution in [0.2, 0.25) is 0 Å². The summed E-state index contributed by atoms with van der Waals surface area (Å²) in [5.41, 5.74) is 2.20. The first-order valence-corrected chi connectivity index (χ1v) is 11.5. The predicted octanol–water partition coefficient (Wildman–Crippen LogP) is 8.22. The van der Waals surface area contributed by atoms with E-state index in [4.69, 9.17) is 0 Å². The molecule has 0 saturated heterocycles. The van der Waals surface area contributed by atoms with Crippen molar-refractivity contribution in [2.75, 3.05) is 11.5 Å². The van der Waals surface area contributed by atoms with Crippen LogP contribution < -0.4 is 0 Å². The number of hydrogen-bond donors (Lipinski definition) is 0. The Labute approximate surface area is 162 Å². The maximum Gasteiger partial charge on any atom is 0.0146 e. The molecule has 0 amide bonds. The van der Waals surface area contributed by atoms with Gasteiger partial charge >= 0.3 is 0 Å². The van der Waals surface area contributed by atoms with Crippen molar-refractivity contribution in [2.24, 2.45) is 10.8 Å². The van der Waals surface area contributed by atoms with Gasteiger partial charge in [0.25, 0.3) is 0 Å². The van der Waals surface area contributed by atoms with E-state index in [0.717, 1.165) is 12.2 Å². The van der Waals surface area contributed by atoms with Crippen molar-refractivity contribution in [3.8, 4) is 0 Å². The molecular formula is C22H44S2. The first kappa shape index (κ1) is 24.4. The summed E-state index contributed by atoms with van der Waals surface area (Å²) in [7, 11) is 0. The molecule has 0 atom stereocenters. The SMILES string of the molecule is C=C(CSC(C)(C)CC(C)(C)CCSC(C)(C)C)CC(C)(C)CC. The summed E-state index contributed by atoms with van der Waals surface area (Å²) in [6.07, 6.45) is 4.93. The van der Waals surface area contributed by atoms with E-state index in [9.17, 15) is 0 Å². The maximum absolute atomic E-state index is 4.34. The predicted molar refractivity (Wildman–Crippen MR) is 120 cm³/mol. The standard InChI is InChI=1S/C22H44S2/c1-12-20(6,7)15-18(2)16-24-22(10,11)17-21(8,9)13-14-23-19(3,4)5/h2,12-17H2,1,3-11H3. The number of hydrogen-bond acceptors (Lipinski definition) is 2. The molecule has 0 aliphatic rings. The smallest absolute Gasteiger partial charge is 0.0146 e. The normalized spacial score (nSPS) is 14.1. The van der Waals surface area contributed by atoms with Crippen LogP contribution in [-0.4, -0.2) is 21.0 Å². The zero-order valence-electron chi connectivity index (χ0n) is 18.3. The zero-order chi connectivity index (χ0) is 19.2. The van der Waals surface area contributed by atoms with Gasteiger partial charge < -0.3 is 0 Å². The molecular weight excluding hydrogens is 328 g/mol. The highest BCUT2D eigenvalue weighted by molar-refractivity contribution is 8.00. The molecule has 2 heteroatoms. The third-order valence-corrected chi connectivity index (χ3v) is 7.32. The van der Waals surface area contributed by atoms with Crippen molar-refractivity contribution in [3.63, 3.8) is 0 Å². The Bertz CT molecular complexity index is 383. The Morgan fingerprint density at radius 2 is 1.38 bits per heavy atom. The van der Waals surface area contributed by atoms with E-state index in [1.165, 1.54) is 30.6 Å². The second-order valence-electron chi connectivity index (χ2n) is 10.5. The van der Waals surface area contributed by atoms with Crippen LogP contribution >= 0.6 is 23.5 Å². The van der Waals surface area contributed by atoms with E-state index in [2.05, 4.69) is 99.3 Å². The average Bonchev–Trinajstić information content (AvgIpc) is 2.33. The van der Waals surface area contributed by atoms with Gasteiger partial charge in [0.15, 0.2) is 0 Å². The average molecular weight is 373 g/mol. The minimum absolute atomic E-state index is 0.315. The van der Waals surface area contributed by atoms with E-state index in [0.29, 0.717) is 20.3 Å². The molecule has 0 rings (SSSR count). The van der Waals surface area contributed by atoms with E-state index in [-0.39, 0.29) is 0 Å². The molecule has 0 aromatic heterocycles. The van der Waals surface area contributed by atoms with Gasteiger partial charge in [0, 0.05) is 15.2 Å². The van der Waals surface area contributed by atoms with Crippen LogP contribution in [0, 0.1) is 10.8 Å². The topological polar surface area (TPSA) is 0 Å². The van der Waals surface area contributed by atoms with Crippen molar-refractivity contribution in [1.82, 2.24) is 0 Å². The molecule has 0 radical (unpaired) electrons. The Kier molecular flexibility index (Phi) is 9.57. The summed E-state index contributed by atoms with van der Waals surface area (Å²) in [6.45, 7) is 28.0. The van der Waals surface area contributed by atoms with Crippen LogP contribution in [0.3, 0.4) is 0 Å². The van der Waals surface area contributed by atoms with Crippen LogP contribution in [-0.2, 0) is 0 Å². The molecule has 0 aliphatic carbocycles. The molecule has 0 N–H and O–H groups in total.